The van der Waals surface area contributed by atoms with Crippen LogP contribution in [-0.4, -0.2) is 20.7 Å². The number of aryl methyl sites for hydroxylation is 1. The Bertz CT molecular complexity index is 440. The van der Waals surface area contributed by atoms with Crippen molar-refractivity contribution in [1.82, 2.24) is 15.0 Å². The van der Waals surface area contributed by atoms with Crippen molar-refractivity contribution >= 4 is 11.8 Å². The van der Waals surface area contributed by atoms with Crippen LogP contribution in [0.5, 0.6) is 0 Å². The minimum absolute atomic E-state index is 0.0368. The third kappa shape index (κ3) is 2.62. The summed E-state index contributed by atoms with van der Waals surface area (Å²) >= 11 is 1.74. The highest BCUT2D eigenvalue weighted by atomic mass is 32.2. The van der Waals surface area contributed by atoms with Crippen LogP contribution in [0, 0.1) is 0 Å². The van der Waals surface area contributed by atoms with Gasteiger partial charge in [0.25, 0.3) is 0 Å². The van der Waals surface area contributed by atoms with Gasteiger partial charge >= 0.3 is 0 Å². The molecule has 84 valence electrons. The summed E-state index contributed by atoms with van der Waals surface area (Å²) < 4.78 is 1.72. The fourth-order valence-electron chi connectivity index (χ4n) is 1.42. The van der Waals surface area contributed by atoms with Gasteiger partial charge in [-0.05, 0) is 12.1 Å². The van der Waals surface area contributed by atoms with E-state index in [1.165, 1.54) is 4.90 Å². The molecular formula is C11H14N4S. The van der Waals surface area contributed by atoms with E-state index in [4.69, 9.17) is 5.73 Å². The van der Waals surface area contributed by atoms with Crippen LogP contribution >= 0.6 is 11.8 Å². The highest BCUT2D eigenvalue weighted by molar-refractivity contribution is 7.99. The molecule has 0 saturated heterocycles. The molecule has 0 bridgehead atoms. The second kappa shape index (κ2) is 5.14. The first-order valence-electron chi connectivity index (χ1n) is 5.05. The molecule has 1 unspecified atom stereocenters. The number of aromatic nitrogens is 3. The molecule has 0 spiro atoms. The van der Waals surface area contributed by atoms with Crippen LogP contribution in [0.3, 0.4) is 0 Å². The van der Waals surface area contributed by atoms with Crippen molar-refractivity contribution in [2.75, 3.05) is 5.75 Å². The van der Waals surface area contributed by atoms with E-state index in [-0.39, 0.29) is 6.04 Å². The molecule has 1 aromatic heterocycles. The topological polar surface area (TPSA) is 56.7 Å². The van der Waals surface area contributed by atoms with Crippen molar-refractivity contribution in [2.45, 2.75) is 10.9 Å². The van der Waals surface area contributed by atoms with E-state index < -0.39 is 0 Å². The first-order valence-corrected chi connectivity index (χ1v) is 6.04. The Hall–Kier alpha value is -1.33. The van der Waals surface area contributed by atoms with Gasteiger partial charge in [-0.1, -0.05) is 23.4 Å². The van der Waals surface area contributed by atoms with E-state index in [2.05, 4.69) is 22.4 Å². The Morgan fingerprint density at radius 3 is 2.75 bits per heavy atom. The van der Waals surface area contributed by atoms with E-state index in [1.54, 1.807) is 22.6 Å². The molecule has 4 nitrogen and oxygen atoms in total. The number of benzene rings is 1. The molecule has 1 aromatic carbocycles. The first-order chi connectivity index (χ1) is 7.77. The molecule has 0 radical (unpaired) electrons. The molecule has 1 atom stereocenters. The summed E-state index contributed by atoms with van der Waals surface area (Å²) in [5.74, 6) is 0.825. The average molecular weight is 234 g/mol. The average Bonchev–Trinajstić information content (AvgIpc) is 2.74. The molecule has 5 heteroatoms. The van der Waals surface area contributed by atoms with Crippen LogP contribution < -0.4 is 5.73 Å². The lowest BCUT2D eigenvalue weighted by Gasteiger charge is -2.10. The van der Waals surface area contributed by atoms with E-state index in [0.29, 0.717) is 0 Å². The molecular weight excluding hydrogens is 220 g/mol. The molecule has 0 aliphatic rings. The maximum atomic E-state index is 6.07. The number of nitrogens with zero attached hydrogens (tertiary/aromatic N) is 3. The third-order valence-corrected chi connectivity index (χ3v) is 3.43. The van der Waals surface area contributed by atoms with Gasteiger partial charge in [0, 0.05) is 17.7 Å². The predicted molar refractivity (Wildman–Crippen MR) is 65.1 cm³/mol. The maximum absolute atomic E-state index is 6.07. The van der Waals surface area contributed by atoms with Crippen molar-refractivity contribution in [3.05, 3.63) is 42.2 Å². The zero-order valence-electron chi connectivity index (χ0n) is 9.08. The van der Waals surface area contributed by atoms with Crippen LogP contribution in [0.2, 0.25) is 0 Å². The van der Waals surface area contributed by atoms with Gasteiger partial charge in [0.05, 0.1) is 17.9 Å². The maximum Gasteiger partial charge on any atom is 0.0759 e. The lowest BCUT2D eigenvalue weighted by Crippen LogP contribution is -2.16. The van der Waals surface area contributed by atoms with Gasteiger partial charge < -0.3 is 5.73 Å². The molecule has 2 aromatic rings. The number of nitrogens with two attached hydrogens (primary N) is 1. The summed E-state index contributed by atoms with van der Waals surface area (Å²) in [7, 11) is 1.86. The lowest BCUT2D eigenvalue weighted by molar-refractivity contribution is 0.640. The molecule has 1 heterocycles. The van der Waals surface area contributed by atoms with Crippen molar-refractivity contribution in [3.63, 3.8) is 0 Å². The Morgan fingerprint density at radius 2 is 2.12 bits per heavy atom. The number of hydrogen-bond acceptors (Lipinski definition) is 4. The Labute approximate surface area is 98.8 Å². The van der Waals surface area contributed by atoms with Crippen LogP contribution in [0.1, 0.15) is 11.7 Å². The quantitative estimate of drug-likeness (QED) is 0.816. The molecule has 2 N–H and O–H groups in total. The Balaban J connectivity index is 1.94. The molecule has 0 aliphatic carbocycles. The van der Waals surface area contributed by atoms with E-state index in [1.807, 2.05) is 25.2 Å². The van der Waals surface area contributed by atoms with E-state index in [9.17, 15) is 0 Å². The van der Waals surface area contributed by atoms with Gasteiger partial charge in [-0.15, -0.1) is 16.9 Å². The summed E-state index contributed by atoms with van der Waals surface area (Å²) in [5.41, 5.74) is 7.03. The monoisotopic (exact) mass is 234 g/mol. The first kappa shape index (κ1) is 11.2. The second-order valence-corrected chi connectivity index (χ2v) is 4.61. The number of rotatable bonds is 4. The number of thioether (sulfide) groups is 1. The molecule has 0 fully saturated rings. The Morgan fingerprint density at radius 1 is 1.38 bits per heavy atom. The van der Waals surface area contributed by atoms with E-state index >= 15 is 0 Å². The zero-order chi connectivity index (χ0) is 11.4. The minimum atomic E-state index is -0.0368. The number of hydrogen-bond donors (Lipinski definition) is 1. The third-order valence-electron chi connectivity index (χ3n) is 2.30. The highest BCUT2D eigenvalue weighted by Crippen LogP contribution is 2.22. The highest BCUT2D eigenvalue weighted by Gasteiger charge is 2.10. The SMILES string of the molecule is Cn1nncc1C(N)CSc1ccccc1. The van der Waals surface area contributed by atoms with Crippen LogP contribution in [-0.2, 0) is 7.05 Å². The van der Waals surface area contributed by atoms with Crippen molar-refractivity contribution in [3.8, 4) is 0 Å². The van der Waals surface area contributed by atoms with Crippen molar-refractivity contribution in [1.29, 1.82) is 0 Å². The largest absolute Gasteiger partial charge is 0.322 e. The summed E-state index contributed by atoms with van der Waals surface area (Å²) in [5, 5.41) is 7.69. The summed E-state index contributed by atoms with van der Waals surface area (Å²) in [6.07, 6.45) is 1.72. The van der Waals surface area contributed by atoms with Crippen LogP contribution in [0.4, 0.5) is 0 Å². The lowest BCUT2D eigenvalue weighted by atomic mass is 10.3. The molecule has 0 saturated carbocycles. The van der Waals surface area contributed by atoms with Gasteiger partial charge in [-0.2, -0.15) is 0 Å². The van der Waals surface area contributed by atoms with Crippen LogP contribution in [0.15, 0.2) is 41.4 Å². The summed E-state index contributed by atoms with van der Waals surface area (Å²) in [6.45, 7) is 0. The fourth-order valence-corrected chi connectivity index (χ4v) is 2.31. The van der Waals surface area contributed by atoms with E-state index in [0.717, 1.165) is 11.4 Å². The Kier molecular flexibility index (Phi) is 3.58. The minimum Gasteiger partial charge on any atom is -0.322 e. The summed E-state index contributed by atoms with van der Waals surface area (Å²) in [4.78, 5) is 1.23. The standard InChI is InChI=1S/C11H14N4S/c1-15-11(7-13-14-15)10(12)8-16-9-5-3-2-4-6-9/h2-7,10H,8,12H2,1H3. The van der Waals surface area contributed by atoms with Crippen LogP contribution in [0.25, 0.3) is 0 Å². The van der Waals surface area contributed by atoms with Crippen molar-refractivity contribution in [2.24, 2.45) is 12.8 Å². The van der Waals surface area contributed by atoms with Gasteiger partial charge in [0.2, 0.25) is 0 Å². The van der Waals surface area contributed by atoms with Gasteiger partial charge in [0.1, 0.15) is 0 Å². The van der Waals surface area contributed by atoms with Crippen molar-refractivity contribution < 1.29 is 0 Å². The second-order valence-electron chi connectivity index (χ2n) is 3.51. The summed E-state index contributed by atoms with van der Waals surface area (Å²) in [6, 6.07) is 10.2. The van der Waals surface area contributed by atoms with Gasteiger partial charge in [-0.3, -0.25) is 4.68 Å². The molecule has 2 rings (SSSR count). The molecule has 16 heavy (non-hydrogen) atoms. The zero-order valence-corrected chi connectivity index (χ0v) is 9.89. The smallest absolute Gasteiger partial charge is 0.0759 e. The predicted octanol–water partition coefficient (Wildman–Crippen LogP) is 1.61. The van der Waals surface area contributed by atoms with Gasteiger partial charge in [0.15, 0.2) is 0 Å². The normalized spacial score (nSPS) is 12.6. The van der Waals surface area contributed by atoms with Gasteiger partial charge in [-0.25, -0.2) is 0 Å². The fraction of sp³-hybridized carbons (Fsp3) is 0.273. The molecule has 0 aliphatic heterocycles. The molecule has 0 amide bonds.